The molecule has 0 atom stereocenters. The summed E-state index contributed by atoms with van der Waals surface area (Å²) in [7, 11) is 0. The van der Waals surface area contributed by atoms with E-state index in [0.717, 1.165) is 62.4 Å². The molecule has 1 saturated heterocycles. The van der Waals surface area contributed by atoms with Crippen LogP contribution in [-0.4, -0.2) is 44.0 Å². The Labute approximate surface area is 154 Å². The number of amides is 1. The van der Waals surface area contributed by atoms with E-state index in [4.69, 9.17) is 0 Å². The normalized spacial score (nSPS) is 15.3. The van der Waals surface area contributed by atoms with E-state index >= 15 is 0 Å². The van der Waals surface area contributed by atoms with Crippen molar-refractivity contribution in [2.24, 2.45) is 5.92 Å². The summed E-state index contributed by atoms with van der Waals surface area (Å²) in [4.78, 5) is 19.3. The Morgan fingerprint density at radius 2 is 1.88 bits per heavy atom. The van der Waals surface area contributed by atoms with Crippen LogP contribution in [0.3, 0.4) is 0 Å². The molecular weight excluding hydrogens is 330 g/mol. The van der Waals surface area contributed by atoms with Gasteiger partial charge in [-0.3, -0.25) is 9.48 Å². The fourth-order valence-corrected chi connectivity index (χ4v) is 3.25. The van der Waals surface area contributed by atoms with Gasteiger partial charge in [0.05, 0.1) is 23.3 Å². The number of hydrogen-bond acceptors (Lipinski definition) is 6. The van der Waals surface area contributed by atoms with Gasteiger partial charge in [-0.25, -0.2) is 4.98 Å². The largest absolute Gasteiger partial charge is 0.339 e. The Kier molecular flexibility index (Phi) is 5.80. The number of rotatable bonds is 6. The Balaban J connectivity index is 1.57. The smallest absolute Gasteiger partial charge is 0.245 e. The highest BCUT2D eigenvalue weighted by Gasteiger charge is 2.27. The molecule has 0 bridgehead atoms. The van der Waals surface area contributed by atoms with Gasteiger partial charge >= 0.3 is 0 Å². The van der Waals surface area contributed by atoms with E-state index in [1.807, 2.05) is 13.1 Å². The third kappa shape index (κ3) is 4.00. The molecule has 0 aromatic carbocycles. The highest BCUT2D eigenvalue weighted by molar-refractivity contribution is 5.92. The third-order valence-electron chi connectivity index (χ3n) is 4.87. The molecule has 1 aliphatic heterocycles. The van der Waals surface area contributed by atoms with Crippen LogP contribution in [0.4, 0.5) is 11.6 Å². The number of aryl methyl sites for hydroxylation is 3. The standard InChI is InChI=1S/C18H27N7O/c1-4-15-16(5-2)22-23-18(21-15)24-9-7-13(8-10-24)17(26)20-14-11-19-25(6-3)12-14/h11-13H,4-10H2,1-3H3,(H,20,26). The van der Waals surface area contributed by atoms with E-state index in [1.165, 1.54) is 0 Å². The topological polar surface area (TPSA) is 88.8 Å². The zero-order chi connectivity index (χ0) is 18.5. The van der Waals surface area contributed by atoms with E-state index < -0.39 is 0 Å². The summed E-state index contributed by atoms with van der Waals surface area (Å²) in [6, 6.07) is 0. The van der Waals surface area contributed by atoms with Gasteiger partial charge in [0, 0.05) is 31.7 Å². The average Bonchev–Trinajstić information content (AvgIpc) is 3.15. The summed E-state index contributed by atoms with van der Waals surface area (Å²) in [5, 5.41) is 15.8. The number of hydrogen-bond donors (Lipinski definition) is 1. The third-order valence-corrected chi connectivity index (χ3v) is 4.87. The van der Waals surface area contributed by atoms with E-state index in [9.17, 15) is 4.79 Å². The fourth-order valence-electron chi connectivity index (χ4n) is 3.25. The summed E-state index contributed by atoms with van der Waals surface area (Å²) in [5.41, 5.74) is 2.75. The quantitative estimate of drug-likeness (QED) is 0.851. The van der Waals surface area contributed by atoms with Crippen LogP contribution in [-0.2, 0) is 24.2 Å². The van der Waals surface area contributed by atoms with E-state index in [1.54, 1.807) is 10.9 Å². The molecule has 1 N–H and O–H groups in total. The van der Waals surface area contributed by atoms with Crippen LogP contribution in [0.2, 0.25) is 0 Å². The zero-order valence-electron chi connectivity index (χ0n) is 15.8. The van der Waals surface area contributed by atoms with Crippen LogP contribution in [0, 0.1) is 5.92 Å². The maximum atomic E-state index is 12.5. The van der Waals surface area contributed by atoms with Gasteiger partial charge in [-0.1, -0.05) is 13.8 Å². The summed E-state index contributed by atoms with van der Waals surface area (Å²) >= 11 is 0. The van der Waals surface area contributed by atoms with Crippen molar-refractivity contribution in [1.29, 1.82) is 0 Å². The van der Waals surface area contributed by atoms with Gasteiger partial charge in [-0.15, -0.1) is 5.10 Å². The van der Waals surface area contributed by atoms with Gasteiger partial charge in [-0.05, 0) is 32.6 Å². The highest BCUT2D eigenvalue weighted by atomic mass is 16.1. The predicted octanol–water partition coefficient (Wildman–Crippen LogP) is 2.07. The molecule has 3 rings (SSSR count). The molecule has 0 radical (unpaired) electrons. The number of nitrogens with one attached hydrogen (secondary N) is 1. The molecule has 0 spiro atoms. The monoisotopic (exact) mass is 357 g/mol. The van der Waals surface area contributed by atoms with Crippen LogP contribution >= 0.6 is 0 Å². The second-order valence-corrected chi connectivity index (χ2v) is 6.55. The lowest BCUT2D eigenvalue weighted by molar-refractivity contribution is -0.120. The van der Waals surface area contributed by atoms with E-state index in [2.05, 4.69) is 44.3 Å². The van der Waals surface area contributed by atoms with Crippen molar-refractivity contribution in [3.63, 3.8) is 0 Å². The molecule has 8 nitrogen and oxygen atoms in total. The summed E-state index contributed by atoms with van der Waals surface area (Å²) in [5.74, 6) is 0.752. The fraction of sp³-hybridized carbons (Fsp3) is 0.611. The molecule has 2 aromatic rings. The van der Waals surface area contributed by atoms with Gasteiger partial charge in [0.25, 0.3) is 0 Å². The van der Waals surface area contributed by atoms with Crippen molar-refractivity contribution < 1.29 is 4.79 Å². The SMILES string of the molecule is CCc1nnc(N2CCC(C(=O)Nc3cnn(CC)c3)CC2)nc1CC. The number of anilines is 2. The predicted molar refractivity (Wildman–Crippen MR) is 100 cm³/mol. The van der Waals surface area contributed by atoms with E-state index in [-0.39, 0.29) is 11.8 Å². The van der Waals surface area contributed by atoms with E-state index in [0.29, 0.717) is 5.95 Å². The van der Waals surface area contributed by atoms with Gasteiger partial charge in [0.2, 0.25) is 11.9 Å². The lowest BCUT2D eigenvalue weighted by Crippen LogP contribution is -2.39. The lowest BCUT2D eigenvalue weighted by atomic mass is 9.96. The molecule has 0 unspecified atom stereocenters. The van der Waals surface area contributed by atoms with Crippen molar-refractivity contribution in [2.45, 2.75) is 53.0 Å². The minimum atomic E-state index is 0.00439. The molecule has 1 amide bonds. The van der Waals surface area contributed by atoms with Gasteiger partial charge in [0.15, 0.2) is 0 Å². The van der Waals surface area contributed by atoms with Crippen LogP contribution in [0.15, 0.2) is 12.4 Å². The Morgan fingerprint density at radius 1 is 1.15 bits per heavy atom. The molecule has 3 heterocycles. The molecule has 140 valence electrons. The minimum Gasteiger partial charge on any atom is -0.339 e. The van der Waals surface area contributed by atoms with Crippen molar-refractivity contribution in [1.82, 2.24) is 25.0 Å². The summed E-state index contributed by atoms with van der Waals surface area (Å²) < 4.78 is 1.80. The van der Waals surface area contributed by atoms with Crippen LogP contribution < -0.4 is 10.2 Å². The highest BCUT2D eigenvalue weighted by Crippen LogP contribution is 2.22. The van der Waals surface area contributed by atoms with Gasteiger partial charge in [0.1, 0.15) is 0 Å². The van der Waals surface area contributed by atoms with Gasteiger partial charge in [-0.2, -0.15) is 10.2 Å². The van der Waals surface area contributed by atoms with Crippen molar-refractivity contribution >= 4 is 17.5 Å². The van der Waals surface area contributed by atoms with Crippen LogP contribution in [0.25, 0.3) is 0 Å². The van der Waals surface area contributed by atoms with Crippen LogP contribution in [0.5, 0.6) is 0 Å². The molecule has 2 aromatic heterocycles. The summed E-state index contributed by atoms with van der Waals surface area (Å²) in [6.07, 6.45) is 6.82. The minimum absolute atomic E-state index is 0.00439. The molecule has 0 aliphatic carbocycles. The first-order chi connectivity index (χ1) is 12.6. The molecule has 1 fully saturated rings. The second kappa shape index (κ2) is 8.25. The Morgan fingerprint density at radius 3 is 2.50 bits per heavy atom. The van der Waals surface area contributed by atoms with Crippen molar-refractivity contribution in [2.75, 3.05) is 23.3 Å². The first kappa shape index (κ1) is 18.3. The van der Waals surface area contributed by atoms with Crippen molar-refractivity contribution in [3.05, 3.63) is 23.8 Å². The Bertz CT molecular complexity index is 750. The second-order valence-electron chi connectivity index (χ2n) is 6.55. The molecule has 26 heavy (non-hydrogen) atoms. The zero-order valence-corrected chi connectivity index (χ0v) is 15.8. The first-order valence-electron chi connectivity index (χ1n) is 9.45. The first-order valence-corrected chi connectivity index (χ1v) is 9.45. The average molecular weight is 357 g/mol. The molecule has 1 aliphatic rings. The Hall–Kier alpha value is -2.51. The number of piperidine rings is 1. The number of aromatic nitrogens is 5. The maximum Gasteiger partial charge on any atom is 0.245 e. The van der Waals surface area contributed by atoms with Crippen LogP contribution in [0.1, 0.15) is 45.0 Å². The van der Waals surface area contributed by atoms with Gasteiger partial charge < -0.3 is 10.2 Å². The number of carbonyl (C=O) groups excluding carboxylic acids is 1. The number of carbonyl (C=O) groups is 1. The number of nitrogens with zero attached hydrogens (tertiary/aromatic N) is 6. The molecular formula is C18H27N7O. The summed E-state index contributed by atoms with van der Waals surface area (Å²) in [6.45, 7) is 8.50. The molecule has 8 heteroatoms. The molecule has 0 saturated carbocycles. The maximum absolute atomic E-state index is 12.5. The van der Waals surface area contributed by atoms with Crippen molar-refractivity contribution in [3.8, 4) is 0 Å². The lowest BCUT2D eigenvalue weighted by Gasteiger charge is -2.31.